The zero-order valence-corrected chi connectivity index (χ0v) is 18.3. The predicted octanol–water partition coefficient (Wildman–Crippen LogP) is 5.92. The minimum atomic E-state index is -0.595. The summed E-state index contributed by atoms with van der Waals surface area (Å²) in [7, 11) is 0. The van der Waals surface area contributed by atoms with E-state index in [1.807, 2.05) is 32.9 Å². The van der Waals surface area contributed by atoms with Crippen LogP contribution in [0.1, 0.15) is 68.7 Å². The average Bonchev–Trinajstić information content (AvgIpc) is 2.64. The number of rotatable bonds is 6. The van der Waals surface area contributed by atoms with Crippen LogP contribution in [-0.4, -0.2) is 24.1 Å². The molecule has 0 aromatic heterocycles. The first-order chi connectivity index (χ1) is 13.5. The van der Waals surface area contributed by atoms with Crippen molar-refractivity contribution in [3.8, 4) is 0 Å². The highest BCUT2D eigenvalue weighted by Gasteiger charge is 2.40. The monoisotopic (exact) mass is 396 g/mol. The van der Waals surface area contributed by atoms with E-state index >= 15 is 0 Å². The number of carbonyl (C=O) groups is 2. The molecule has 4 nitrogen and oxygen atoms in total. The zero-order chi connectivity index (χ0) is 21.7. The molecule has 2 unspecified atom stereocenters. The second-order valence-electron chi connectivity index (χ2n) is 9.63. The van der Waals surface area contributed by atoms with Gasteiger partial charge in [0.1, 0.15) is 12.2 Å². The number of hydrogen-bond acceptors (Lipinski definition) is 4. The summed E-state index contributed by atoms with van der Waals surface area (Å²) in [6.07, 6.45) is -0.604. The Hall–Kier alpha value is -2.62. The van der Waals surface area contributed by atoms with Crippen LogP contribution in [0.5, 0.6) is 0 Å². The van der Waals surface area contributed by atoms with Crippen LogP contribution in [0.15, 0.2) is 60.7 Å². The van der Waals surface area contributed by atoms with Gasteiger partial charge >= 0.3 is 11.9 Å². The fourth-order valence-corrected chi connectivity index (χ4v) is 3.16. The highest BCUT2D eigenvalue weighted by Crippen LogP contribution is 2.34. The van der Waals surface area contributed by atoms with Crippen LogP contribution in [0.3, 0.4) is 0 Å². The molecule has 2 aromatic rings. The molecule has 0 amide bonds. The molecular weight excluding hydrogens is 364 g/mol. The lowest BCUT2D eigenvalue weighted by molar-refractivity contribution is -0.0842. The molecule has 0 saturated heterocycles. The van der Waals surface area contributed by atoms with Crippen molar-refractivity contribution < 1.29 is 19.1 Å². The first-order valence-electron chi connectivity index (χ1n) is 9.99. The van der Waals surface area contributed by atoms with Crippen molar-refractivity contribution in [1.29, 1.82) is 0 Å². The van der Waals surface area contributed by atoms with E-state index < -0.39 is 29.6 Å². The molecule has 2 rings (SSSR count). The third-order valence-corrected chi connectivity index (χ3v) is 4.52. The molecule has 0 N–H and O–H groups in total. The smallest absolute Gasteiger partial charge is 0.338 e. The summed E-state index contributed by atoms with van der Waals surface area (Å²) in [6, 6.07) is 17.8. The lowest BCUT2D eigenvalue weighted by Gasteiger charge is -2.38. The Kier molecular flexibility index (Phi) is 7.23. The second-order valence-corrected chi connectivity index (χ2v) is 9.63. The van der Waals surface area contributed by atoms with Crippen molar-refractivity contribution in [3.63, 3.8) is 0 Å². The molecule has 2 aromatic carbocycles. The van der Waals surface area contributed by atoms with Gasteiger partial charge in [-0.3, -0.25) is 0 Å². The van der Waals surface area contributed by atoms with Gasteiger partial charge in [0.25, 0.3) is 0 Å². The molecule has 4 heteroatoms. The van der Waals surface area contributed by atoms with Crippen LogP contribution in [0.25, 0.3) is 0 Å². The van der Waals surface area contributed by atoms with Gasteiger partial charge in [0.05, 0.1) is 11.1 Å². The van der Waals surface area contributed by atoms with Crippen molar-refractivity contribution in [1.82, 2.24) is 0 Å². The number of esters is 2. The van der Waals surface area contributed by atoms with Crippen molar-refractivity contribution in [2.45, 2.75) is 60.2 Å². The van der Waals surface area contributed by atoms with Gasteiger partial charge < -0.3 is 9.47 Å². The van der Waals surface area contributed by atoms with Crippen molar-refractivity contribution in [2.24, 2.45) is 10.8 Å². The van der Waals surface area contributed by atoms with Crippen LogP contribution in [-0.2, 0) is 9.47 Å². The van der Waals surface area contributed by atoms with Crippen molar-refractivity contribution in [3.05, 3.63) is 71.8 Å². The molecule has 0 fully saturated rings. The van der Waals surface area contributed by atoms with Gasteiger partial charge in [0, 0.05) is 5.41 Å². The quantitative estimate of drug-likeness (QED) is 0.569. The summed E-state index contributed by atoms with van der Waals surface area (Å²) >= 11 is 0. The Morgan fingerprint density at radius 2 is 1.14 bits per heavy atom. The standard InChI is InChI=1S/C25H32O4/c1-24(2,3)17-20(28-22(26)18-13-9-7-10-14-18)21(25(4,5)6)29-23(27)19-15-11-8-12-16-19/h7-16,20-21H,17H2,1-6H3. The number of benzene rings is 2. The Bertz CT molecular complexity index is 798. The zero-order valence-electron chi connectivity index (χ0n) is 18.3. The van der Waals surface area contributed by atoms with Gasteiger partial charge in [0.2, 0.25) is 0 Å². The maximum Gasteiger partial charge on any atom is 0.338 e. The predicted molar refractivity (Wildman–Crippen MR) is 115 cm³/mol. The summed E-state index contributed by atoms with van der Waals surface area (Å²) in [5.41, 5.74) is 0.417. The molecule has 0 aliphatic rings. The summed E-state index contributed by atoms with van der Waals surface area (Å²) in [4.78, 5) is 25.5. The molecular formula is C25H32O4. The maximum atomic E-state index is 12.8. The van der Waals surface area contributed by atoms with E-state index in [1.165, 1.54) is 0 Å². The Morgan fingerprint density at radius 3 is 1.52 bits per heavy atom. The Morgan fingerprint density at radius 1 is 0.724 bits per heavy atom. The Balaban J connectivity index is 2.31. The highest BCUT2D eigenvalue weighted by atomic mass is 16.6. The van der Waals surface area contributed by atoms with Gasteiger partial charge in [-0.2, -0.15) is 0 Å². The minimum Gasteiger partial charge on any atom is -0.455 e. The molecule has 29 heavy (non-hydrogen) atoms. The summed E-state index contributed by atoms with van der Waals surface area (Å²) in [6.45, 7) is 12.2. The molecule has 0 saturated carbocycles. The molecule has 0 radical (unpaired) electrons. The summed E-state index contributed by atoms with van der Waals surface area (Å²) in [5.74, 6) is -0.829. The van der Waals surface area contributed by atoms with Gasteiger partial charge in [-0.25, -0.2) is 9.59 Å². The minimum absolute atomic E-state index is 0.121. The first-order valence-corrected chi connectivity index (χ1v) is 9.99. The molecule has 0 spiro atoms. The summed E-state index contributed by atoms with van der Waals surface area (Å²) < 4.78 is 11.9. The van der Waals surface area contributed by atoms with Crippen LogP contribution in [0.4, 0.5) is 0 Å². The average molecular weight is 397 g/mol. The van der Waals surface area contributed by atoms with E-state index in [2.05, 4.69) is 20.8 Å². The molecule has 156 valence electrons. The van der Waals surface area contributed by atoms with Crippen LogP contribution in [0.2, 0.25) is 0 Å². The Labute approximate surface area is 174 Å². The normalized spacial score (nSPS) is 14.0. The molecule has 0 bridgehead atoms. The molecule has 0 aliphatic heterocycles. The van der Waals surface area contributed by atoms with E-state index in [0.29, 0.717) is 17.5 Å². The SMILES string of the molecule is CC(C)(C)CC(OC(=O)c1ccccc1)C(OC(=O)c1ccccc1)C(C)(C)C. The van der Waals surface area contributed by atoms with Crippen LogP contribution >= 0.6 is 0 Å². The highest BCUT2D eigenvalue weighted by molar-refractivity contribution is 5.90. The lowest BCUT2D eigenvalue weighted by Crippen LogP contribution is -2.45. The van der Waals surface area contributed by atoms with E-state index in [4.69, 9.17) is 9.47 Å². The number of ether oxygens (including phenoxy) is 2. The van der Waals surface area contributed by atoms with Crippen molar-refractivity contribution >= 4 is 11.9 Å². The second kappa shape index (κ2) is 9.25. The van der Waals surface area contributed by atoms with Crippen LogP contribution < -0.4 is 0 Å². The fourth-order valence-electron chi connectivity index (χ4n) is 3.16. The third kappa shape index (κ3) is 7.04. The van der Waals surface area contributed by atoms with Gasteiger partial charge in [-0.15, -0.1) is 0 Å². The van der Waals surface area contributed by atoms with Gasteiger partial charge in [0.15, 0.2) is 0 Å². The largest absolute Gasteiger partial charge is 0.455 e. The third-order valence-electron chi connectivity index (χ3n) is 4.52. The number of hydrogen-bond donors (Lipinski definition) is 0. The maximum absolute atomic E-state index is 12.8. The van der Waals surface area contributed by atoms with Gasteiger partial charge in [-0.05, 0) is 36.1 Å². The number of carbonyl (C=O) groups excluding carboxylic acids is 2. The van der Waals surface area contributed by atoms with Crippen LogP contribution in [0, 0.1) is 10.8 Å². The topological polar surface area (TPSA) is 52.6 Å². The van der Waals surface area contributed by atoms with E-state index in [1.54, 1.807) is 48.5 Å². The van der Waals surface area contributed by atoms with Crippen molar-refractivity contribution in [2.75, 3.05) is 0 Å². The van der Waals surface area contributed by atoms with E-state index in [9.17, 15) is 9.59 Å². The first kappa shape index (κ1) is 22.7. The molecule has 0 heterocycles. The van der Waals surface area contributed by atoms with Gasteiger partial charge in [-0.1, -0.05) is 77.9 Å². The summed E-state index contributed by atoms with van der Waals surface area (Å²) in [5, 5.41) is 0. The molecule has 0 aliphatic carbocycles. The van der Waals surface area contributed by atoms with E-state index in [-0.39, 0.29) is 5.41 Å². The fraction of sp³-hybridized carbons (Fsp3) is 0.440. The van der Waals surface area contributed by atoms with E-state index in [0.717, 1.165) is 0 Å². The lowest BCUT2D eigenvalue weighted by atomic mass is 9.79. The molecule has 2 atom stereocenters.